The first-order chi connectivity index (χ1) is 17.7. The Morgan fingerprint density at radius 1 is 0.972 bits per heavy atom. The highest BCUT2D eigenvalue weighted by molar-refractivity contribution is 5.88. The van der Waals surface area contributed by atoms with Gasteiger partial charge in [0.25, 0.3) is 0 Å². The van der Waals surface area contributed by atoms with Crippen LogP contribution in [-0.2, 0) is 0 Å². The second-order valence-electron chi connectivity index (χ2n) is 10.2. The van der Waals surface area contributed by atoms with Gasteiger partial charge in [0.05, 0.1) is 0 Å². The SMILES string of the molecule is C[C@H]1CN(C2CCC(c3cc(-c4ccc(Oc5ccccc5)cc4)c4c(N)ncnn34)CC2)CCN1. The molecule has 1 aliphatic heterocycles. The number of benzene rings is 2. The van der Waals surface area contributed by atoms with Crippen molar-refractivity contribution in [3.05, 3.63) is 72.7 Å². The Kier molecular flexibility index (Phi) is 6.34. The summed E-state index contributed by atoms with van der Waals surface area (Å²) in [5.41, 5.74) is 10.7. The van der Waals surface area contributed by atoms with E-state index in [9.17, 15) is 0 Å². The van der Waals surface area contributed by atoms with E-state index >= 15 is 0 Å². The van der Waals surface area contributed by atoms with E-state index in [0.717, 1.165) is 47.8 Å². The van der Waals surface area contributed by atoms with Crippen LogP contribution in [0.1, 0.15) is 44.2 Å². The van der Waals surface area contributed by atoms with Gasteiger partial charge in [0.2, 0.25) is 0 Å². The Balaban J connectivity index is 1.25. The van der Waals surface area contributed by atoms with Gasteiger partial charge in [-0.15, -0.1) is 0 Å². The van der Waals surface area contributed by atoms with Crippen molar-refractivity contribution in [2.75, 3.05) is 25.4 Å². The largest absolute Gasteiger partial charge is 0.457 e. The summed E-state index contributed by atoms with van der Waals surface area (Å²) in [6.07, 6.45) is 6.36. The van der Waals surface area contributed by atoms with Crippen molar-refractivity contribution in [2.24, 2.45) is 0 Å². The summed E-state index contributed by atoms with van der Waals surface area (Å²) in [5.74, 6) is 2.61. The molecule has 1 saturated heterocycles. The molecule has 2 aromatic heterocycles. The number of hydrogen-bond donors (Lipinski definition) is 2. The van der Waals surface area contributed by atoms with Crippen LogP contribution in [-0.4, -0.2) is 51.2 Å². The van der Waals surface area contributed by atoms with Gasteiger partial charge in [0, 0.05) is 48.9 Å². The van der Waals surface area contributed by atoms with Crippen LogP contribution in [0.4, 0.5) is 5.82 Å². The number of nitrogens with two attached hydrogens (primary N) is 1. The minimum Gasteiger partial charge on any atom is -0.457 e. The van der Waals surface area contributed by atoms with Crippen LogP contribution in [0.5, 0.6) is 11.5 Å². The van der Waals surface area contributed by atoms with Gasteiger partial charge in [-0.2, -0.15) is 5.10 Å². The first-order valence-electron chi connectivity index (χ1n) is 13.1. The molecule has 0 bridgehead atoms. The van der Waals surface area contributed by atoms with Crippen LogP contribution in [0.25, 0.3) is 16.6 Å². The molecule has 0 radical (unpaired) electrons. The van der Waals surface area contributed by atoms with Crippen molar-refractivity contribution in [2.45, 2.75) is 50.6 Å². The van der Waals surface area contributed by atoms with Gasteiger partial charge < -0.3 is 15.8 Å². The fraction of sp³-hybridized carbons (Fsp3) is 0.379. The van der Waals surface area contributed by atoms with Crippen LogP contribution in [0, 0.1) is 0 Å². The summed E-state index contributed by atoms with van der Waals surface area (Å²) in [6, 6.07) is 21.6. The number of anilines is 1. The minimum absolute atomic E-state index is 0.470. The van der Waals surface area contributed by atoms with Crippen molar-refractivity contribution in [3.8, 4) is 22.6 Å². The van der Waals surface area contributed by atoms with Crippen LogP contribution in [0.2, 0.25) is 0 Å². The summed E-state index contributed by atoms with van der Waals surface area (Å²) in [6.45, 7) is 5.70. The van der Waals surface area contributed by atoms with Gasteiger partial charge in [-0.3, -0.25) is 4.90 Å². The van der Waals surface area contributed by atoms with E-state index < -0.39 is 0 Å². The number of nitrogens with zero attached hydrogens (tertiary/aromatic N) is 4. The van der Waals surface area contributed by atoms with Crippen LogP contribution < -0.4 is 15.8 Å². The fourth-order valence-corrected chi connectivity index (χ4v) is 5.96. The van der Waals surface area contributed by atoms with E-state index in [1.807, 2.05) is 47.0 Å². The summed E-state index contributed by atoms with van der Waals surface area (Å²) in [7, 11) is 0. The standard InChI is InChI=1S/C29H34N6O/c1-20-18-34(16-15-31-20)23-11-7-22(8-12-23)27-17-26(28-29(30)32-19-33-35(27)28)21-9-13-25(14-10-21)36-24-5-3-2-4-6-24/h2-6,9-10,13-14,17,19-20,22-23,31H,7-8,11-12,15-16,18H2,1H3,(H2,30,32,33)/t20-,22?,23?/m0/s1. The lowest BCUT2D eigenvalue weighted by molar-refractivity contribution is 0.114. The maximum absolute atomic E-state index is 6.39. The maximum atomic E-state index is 6.39. The lowest BCUT2D eigenvalue weighted by atomic mass is 9.83. The summed E-state index contributed by atoms with van der Waals surface area (Å²) in [4.78, 5) is 7.01. The van der Waals surface area contributed by atoms with Gasteiger partial charge in [-0.25, -0.2) is 9.50 Å². The number of nitrogen functional groups attached to an aromatic ring is 1. The fourth-order valence-electron chi connectivity index (χ4n) is 5.96. The lowest BCUT2D eigenvalue weighted by Crippen LogP contribution is -2.53. The highest BCUT2D eigenvalue weighted by Gasteiger charge is 2.31. The van der Waals surface area contributed by atoms with Crippen molar-refractivity contribution >= 4 is 11.3 Å². The molecule has 6 rings (SSSR count). The monoisotopic (exact) mass is 482 g/mol. The molecule has 36 heavy (non-hydrogen) atoms. The second kappa shape index (κ2) is 9.91. The molecule has 0 unspecified atom stereocenters. The van der Waals surface area contributed by atoms with Gasteiger partial charge in [0.15, 0.2) is 5.82 Å². The van der Waals surface area contributed by atoms with Crippen molar-refractivity contribution < 1.29 is 4.74 Å². The van der Waals surface area contributed by atoms with E-state index in [0.29, 0.717) is 23.8 Å². The van der Waals surface area contributed by atoms with Crippen LogP contribution in [0.15, 0.2) is 67.0 Å². The zero-order valence-electron chi connectivity index (χ0n) is 20.8. The normalized spacial score (nSPS) is 23.1. The van der Waals surface area contributed by atoms with Crippen molar-refractivity contribution in [1.29, 1.82) is 0 Å². The number of rotatable bonds is 5. The average molecular weight is 483 g/mol. The number of ether oxygens (including phenoxy) is 1. The molecule has 0 amide bonds. The molecule has 1 saturated carbocycles. The second-order valence-corrected chi connectivity index (χ2v) is 10.2. The van der Waals surface area contributed by atoms with Gasteiger partial charge in [-0.1, -0.05) is 30.3 Å². The third-order valence-corrected chi connectivity index (χ3v) is 7.79. The zero-order valence-corrected chi connectivity index (χ0v) is 20.8. The highest BCUT2D eigenvalue weighted by Crippen LogP contribution is 2.40. The molecule has 2 aromatic carbocycles. The third kappa shape index (κ3) is 4.56. The predicted octanol–water partition coefficient (Wildman–Crippen LogP) is 5.09. The topological polar surface area (TPSA) is 80.7 Å². The molecule has 4 aromatic rings. The van der Waals surface area contributed by atoms with Gasteiger partial charge >= 0.3 is 0 Å². The Bertz CT molecular complexity index is 1310. The minimum atomic E-state index is 0.470. The van der Waals surface area contributed by atoms with Crippen molar-refractivity contribution in [1.82, 2.24) is 24.8 Å². The van der Waals surface area contributed by atoms with Gasteiger partial charge in [-0.05, 0) is 68.5 Å². The Hall–Kier alpha value is -3.42. The number of hydrogen-bond acceptors (Lipinski definition) is 6. The molecule has 1 aliphatic carbocycles. The molecular formula is C29H34N6O. The van der Waals surface area contributed by atoms with E-state index in [1.165, 1.54) is 31.4 Å². The molecule has 2 aliphatic rings. The lowest BCUT2D eigenvalue weighted by Gasteiger charge is -2.41. The quantitative estimate of drug-likeness (QED) is 0.412. The Morgan fingerprint density at radius 3 is 2.47 bits per heavy atom. The van der Waals surface area contributed by atoms with Crippen LogP contribution >= 0.6 is 0 Å². The average Bonchev–Trinajstić information content (AvgIpc) is 3.31. The molecule has 0 spiro atoms. The number of aromatic nitrogens is 3. The molecular weight excluding hydrogens is 448 g/mol. The Morgan fingerprint density at radius 2 is 1.72 bits per heavy atom. The number of nitrogens with one attached hydrogen (secondary N) is 1. The number of fused-ring (bicyclic) bond motifs is 1. The van der Waals surface area contributed by atoms with Crippen LogP contribution in [0.3, 0.4) is 0 Å². The first kappa shape index (κ1) is 23.0. The molecule has 7 nitrogen and oxygen atoms in total. The molecule has 2 fully saturated rings. The third-order valence-electron chi connectivity index (χ3n) is 7.79. The highest BCUT2D eigenvalue weighted by atomic mass is 16.5. The summed E-state index contributed by atoms with van der Waals surface area (Å²) >= 11 is 0. The summed E-state index contributed by atoms with van der Waals surface area (Å²) < 4.78 is 8.02. The molecule has 186 valence electrons. The van der Waals surface area contributed by atoms with E-state index in [-0.39, 0.29) is 0 Å². The summed E-state index contributed by atoms with van der Waals surface area (Å²) in [5, 5.41) is 8.20. The number of para-hydroxylation sites is 1. The predicted molar refractivity (Wildman–Crippen MR) is 143 cm³/mol. The van der Waals surface area contributed by atoms with E-state index in [2.05, 4.69) is 45.4 Å². The molecule has 1 atom stereocenters. The molecule has 3 heterocycles. The smallest absolute Gasteiger partial charge is 0.151 e. The van der Waals surface area contributed by atoms with Crippen molar-refractivity contribution in [3.63, 3.8) is 0 Å². The Labute approximate surface area is 212 Å². The van der Waals surface area contributed by atoms with Gasteiger partial charge in [0.1, 0.15) is 23.3 Å². The molecule has 3 N–H and O–H groups in total. The van der Waals surface area contributed by atoms with E-state index in [4.69, 9.17) is 10.5 Å². The number of piperazine rings is 1. The molecule has 7 heteroatoms. The zero-order chi connectivity index (χ0) is 24.5. The first-order valence-corrected chi connectivity index (χ1v) is 13.1. The maximum Gasteiger partial charge on any atom is 0.151 e. The van der Waals surface area contributed by atoms with E-state index in [1.54, 1.807) is 6.33 Å².